The topological polar surface area (TPSA) is 217 Å². The van der Waals surface area contributed by atoms with E-state index in [0.717, 1.165) is 11.1 Å². The number of carbonyl (C=O) groups excluding carboxylic acids is 7. The van der Waals surface area contributed by atoms with Crippen LogP contribution in [0.4, 0.5) is 0 Å². The van der Waals surface area contributed by atoms with E-state index < -0.39 is 59.6 Å². The molecule has 0 radical (unpaired) electrons. The molecule has 68 heavy (non-hydrogen) atoms. The Morgan fingerprint density at radius 3 is 2.03 bits per heavy atom. The largest absolute Gasteiger partial charge is 0.449 e. The Hall–Kier alpha value is -4.92. The van der Waals surface area contributed by atoms with Gasteiger partial charge >= 0.3 is 5.97 Å². The third-order valence-electron chi connectivity index (χ3n) is 11.5. The SMILES string of the molecule is CC(C)C[C@H](NC(=O)[C@H](CCc1ccccc1)CC(=O)CN1CCOCC1)C(=O)C[C@@H](Cc1ccccc1)C(=O)N[C@@H](CC(C)C)C(=O)C(C)(CI)OC(=O)CNC(=O)COCc1cn(C)nn1. The van der Waals surface area contributed by atoms with Crippen LogP contribution in [-0.4, -0.2) is 129 Å². The lowest BCUT2D eigenvalue weighted by atomic mass is 9.87. The summed E-state index contributed by atoms with van der Waals surface area (Å²) in [6.07, 6.45) is 3.07. The summed E-state index contributed by atoms with van der Waals surface area (Å²) in [6, 6.07) is 16.9. The second kappa shape index (κ2) is 28.5. The van der Waals surface area contributed by atoms with Crippen molar-refractivity contribution in [2.24, 2.45) is 30.7 Å². The van der Waals surface area contributed by atoms with Crippen LogP contribution in [0.15, 0.2) is 66.9 Å². The number of esters is 1. The molecule has 1 saturated heterocycles. The van der Waals surface area contributed by atoms with Crippen molar-refractivity contribution in [2.75, 3.05) is 50.4 Å². The first-order valence-electron chi connectivity index (χ1n) is 23.5. The molecule has 1 fully saturated rings. The van der Waals surface area contributed by atoms with Crippen LogP contribution in [0.5, 0.6) is 0 Å². The molecule has 1 aliphatic heterocycles. The number of hydrogen-bond acceptors (Lipinski definition) is 13. The minimum Gasteiger partial charge on any atom is -0.449 e. The number of amides is 3. The number of ether oxygens (including phenoxy) is 3. The van der Waals surface area contributed by atoms with Crippen LogP contribution in [0.1, 0.15) is 83.5 Å². The Labute approximate surface area is 414 Å². The maximum absolute atomic E-state index is 14.5. The van der Waals surface area contributed by atoms with Crippen LogP contribution in [0.2, 0.25) is 0 Å². The van der Waals surface area contributed by atoms with Gasteiger partial charge in [0.15, 0.2) is 17.2 Å². The summed E-state index contributed by atoms with van der Waals surface area (Å²) in [4.78, 5) is 98.7. The summed E-state index contributed by atoms with van der Waals surface area (Å²) in [6.45, 7) is 10.9. The number of ketones is 3. The van der Waals surface area contributed by atoms with E-state index in [1.54, 1.807) is 13.2 Å². The first kappa shape index (κ1) is 55.7. The Morgan fingerprint density at radius 1 is 0.824 bits per heavy atom. The van der Waals surface area contributed by atoms with Gasteiger partial charge in [-0.3, -0.25) is 43.1 Å². The number of carbonyl (C=O) groups is 7. The highest BCUT2D eigenvalue weighted by molar-refractivity contribution is 14.1. The van der Waals surface area contributed by atoms with E-state index in [0.29, 0.717) is 51.3 Å². The number of Topliss-reactive ketones (excluding diaryl/α,β-unsaturated/α-hetero) is 3. The van der Waals surface area contributed by atoms with E-state index in [4.69, 9.17) is 14.2 Å². The van der Waals surface area contributed by atoms with E-state index in [9.17, 15) is 33.6 Å². The van der Waals surface area contributed by atoms with Crippen molar-refractivity contribution >= 4 is 63.6 Å². The van der Waals surface area contributed by atoms with Crippen LogP contribution in [0, 0.1) is 23.7 Å². The number of nitrogens with zero attached hydrogens (tertiary/aromatic N) is 4. The van der Waals surface area contributed by atoms with Gasteiger partial charge in [-0.1, -0.05) is 116 Å². The minimum absolute atomic E-state index is 0.00492. The average molecular weight is 1060 g/mol. The Morgan fingerprint density at radius 2 is 1.43 bits per heavy atom. The maximum Gasteiger partial charge on any atom is 0.326 e. The highest BCUT2D eigenvalue weighted by Crippen LogP contribution is 2.24. The van der Waals surface area contributed by atoms with E-state index in [1.807, 2.05) is 116 Å². The third-order valence-corrected chi connectivity index (χ3v) is 13.0. The molecule has 4 rings (SSSR count). The summed E-state index contributed by atoms with van der Waals surface area (Å²) in [7, 11) is 1.70. The number of rotatable bonds is 30. The van der Waals surface area contributed by atoms with Crippen molar-refractivity contribution in [3.63, 3.8) is 0 Å². The summed E-state index contributed by atoms with van der Waals surface area (Å²) in [5.74, 6) is -5.02. The summed E-state index contributed by atoms with van der Waals surface area (Å²) in [5, 5.41) is 16.1. The second-order valence-electron chi connectivity index (χ2n) is 18.6. The quantitative estimate of drug-likeness (QED) is 0.0486. The fraction of sp³-hybridized carbons (Fsp3) is 0.580. The zero-order valence-electron chi connectivity index (χ0n) is 40.4. The summed E-state index contributed by atoms with van der Waals surface area (Å²) < 4.78 is 18.1. The van der Waals surface area contributed by atoms with Crippen LogP contribution < -0.4 is 16.0 Å². The molecule has 372 valence electrons. The van der Waals surface area contributed by atoms with Gasteiger partial charge in [-0.2, -0.15) is 0 Å². The predicted molar refractivity (Wildman–Crippen MR) is 263 cm³/mol. The molecule has 5 atom stereocenters. The average Bonchev–Trinajstić information content (AvgIpc) is 3.73. The molecule has 0 bridgehead atoms. The highest BCUT2D eigenvalue weighted by atomic mass is 127. The molecule has 3 N–H and O–H groups in total. The van der Waals surface area contributed by atoms with E-state index in [1.165, 1.54) is 11.6 Å². The number of morpholine rings is 1. The number of nitrogens with one attached hydrogen (secondary N) is 3. The fourth-order valence-corrected chi connectivity index (χ4v) is 8.49. The molecule has 1 aromatic heterocycles. The van der Waals surface area contributed by atoms with Gasteiger partial charge in [-0.25, -0.2) is 0 Å². The third kappa shape index (κ3) is 19.6. The van der Waals surface area contributed by atoms with Crippen molar-refractivity contribution in [1.29, 1.82) is 0 Å². The van der Waals surface area contributed by atoms with Crippen molar-refractivity contribution in [3.8, 4) is 0 Å². The molecule has 3 amide bonds. The molecular weight excluding hydrogens is 985 g/mol. The summed E-state index contributed by atoms with van der Waals surface area (Å²) in [5.41, 5.74) is 0.669. The lowest BCUT2D eigenvalue weighted by molar-refractivity contribution is -0.164. The van der Waals surface area contributed by atoms with Crippen molar-refractivity contribution < 1.29 is 47.8 Å². The molecule has 0 spiro atoms. The second-order valence-corrected chi connectivity index (χ2v) is 19.4. The predicted octanol–water partition coefficient (Wildman–Crippen LogP) is 4.17. The minimum atomic E-state index is -1.68. The van der Waals surface area contributed by atoms with Gasteiger partial charge < -0.3 is 30.2 Å². The van der Waals surface area contributed by atoms with Crippen molar-refractivity contribution in [2.45, 2.75) is 104 Å². The lowest BCUT2D eigenvalue weighted by Crippen LogP contribution is -2.55. The van der Waals surface area contributed by atoms with Gasteiger partial charge in [0.05, 0.1) is 44.6 Å². The highest BCUT2D eigenvalue weighted by Gasteiger charge is 2.42. The van der Waals surface area contributed by atoms with Crippen molar-refractivity contribution in [1.82, 2.24) is 35.8 Å². The number of benzene rings is 2. The molecule has 0 aliphatic carbocycles. The molecule has 3 aromatic rings. The zero-order chi connectivity index (χ0) is 49.6. The first-order chi connectivity index (χ1) is 32.4. The number of hydrogen-bond donors (Lipinski definition) is 3. The van der Waals surface area contributed by atoms with Crippen LogP contribution in [-0.2, 0) is 74.3 Å². The monoisotopic (exact) mass is 1060 g/mol. The van der Waals surface area contributed by atoms with Crippen LogP contribution in [0.3, 0.4) is 0 Å². The number of aromatic nitrogens is 3. The Bertz CT molecular complexity index is 2100. The molecular formula is C50H70IN7O10. The van der Waals surface area contributed by atoms with E-state index in [2.05, 4.69) is 26.3 Å². The normalized spacial score (nSPS) is 15.7. The smallest absolute Gasteiger partial charge is 0.326 e. The van der Waals surface area contributed by atoms with E-state index >= 15 is 0 Å². The zero-order valence-corrected chi connectivity index (χ0v) is 42.5. The summed E-state index contributed by atoms with van der Waals surface area (Å²) >= 11 is 1.95. The van der Waals surface area contributed by atoms with Gasteiger partial charge in [0.2, 0.25) is 17.7 Å². The number of aryl methyl sites for hydroxylation is 2. The molecule has 2 heterocycles. The van der Waals surface area contributed by atoms with Gasteiger partial charge in [0.1, 0.15) is 24.6 Å². The molecule has 1 aliphatic rings. The van der Waals surface area contributed by atoms with Gasteiger partial charge in [0, 0.05) is 49.2 Å². The fourth-order valence-electron chi connectivity index (χ4n) is 7.96. The molecule has 17 nitrogen and oxygen atoms in total. The van der Waals surface area contributed by atoms with Crippen molar-refractivity contribution in [3.05, 3.63) is 83.7 Å². The number of halogens is 1. The first-order valence-corrected chi connectivity index (χ1v) is 25.0. The lowest BCUT2D eigenvalue weighted by Gasteiger charge is -2.32. The van der Waals surface area contributed by atoms with Gasteiger partial charge in [-0.15, -0.1) is 5.10 Å². The van der Waals surface area contributed by atoms with Crippen LogP contribution >= 0.6 is 22.6 Å². The Balaban J connectivity index is 1.48. The molecule has 2 aromatic carbocycles. The molecule has 0 saturated carbocycles. The van der Waals surface area contributed by atoms with Gasteiger partial charge in [-0.05, 0) is 62.0 Å². The molecule has 1 unspecified atom stereocenters. The maximum atomic E-state index is 14.5. The van der Waals surface area contributed by atoms with E-state index in [-0.39, 0.29) is 79.2 Å². The molecule has 18 heteroatoms. The Kier molecular flexibility index (Phi) is 23.4. The standard InChI is InChI=1S/C50H70IN7O10/c1-34(2)23-42(53-48(64)38(18-17-36-13-9-7-10-14-36)26-41(59)30-58-19-21-66-22-20-58)44(60)27-39(25-37-15-11-8-12-16-37)49(65)54-43(24-35(3)4)47(63)50(5,33-51)68-46(62)28-52-45(61)32-67-31-40-29-57(6)56-55-40/h7-16,29,34-35,38-39,42-43H,17-28,30-33H2,1-6H3,(H,52,61)(H,53,64)(H,54,65)/t38-,39-,42+,43+,50?/m1/s1. The number of alkyl halides is 1. The van der Waals surface area contributed by atoms with Crippen LogP contribution in [0.25, 0.3) is 0 Å². The van der Waals surface area contributed by atoms with Gasteiger partial charge in [0.25, 0.3) is 0 Å².